The van der Waals surface area contributed by atoms with Gasteiger partial charge in [-0.2, -0.15) is 8.78 Å². The highest BCUT2D eigenvalue weighted by Gasteiger charge is 2.01. The summed E-state index contributed by atoms with van der Waals surface area (Å²) in [4.78, 5) is 0. The summed E-state index contributed by atoms with van der Waals surface area (Å²) in [6.45, 7) is 2.14. The lowest BCUT2D eigenvalue weighted by Crippen LogP contribution is -2.16. The SMILES string of the molecule is CCCC[Si]c1ccccc1C=C(F)F. The number of hydrogen-bond acceptors (Lipinski definition) is 0. The molecule has 0 unspecified atom stereocenters. The second kappa shape index (κ2) is 6.51. The van der Waals surface area contributed by atoms with Crippen molar-refractivity contribution in [2.75, 3.05) is 0 Å². The van der Waals surface area contributed by atoms with Crippen molar-refractivity contribution < 1.29 is 8.78 Å². The van der Waals surface area contributed by atoms with E-state index in [1.807, 2.05) is 12.1 Å². The Morgan fingerprint density at radius 1 is 1.33 bits per heavy atom. The van der Waals surface area contributed by atoms with Gasteiger partial charge in [-0.05, 0) is 5.56 Å². The standard InChI is InChI=1S/C12H14F2Si/c1-2-3-8-15-11-7-5-4-6-10(11)9-12(13)14/h4-7,9H,2-3,8H2,1H3. The first kappa shape index (κ1) is 12.1. The van der Waals surface area contributed by atoms with E-state index < -0.39 is 6.08 Å². The monoisotopic (exact) mass is 224 g/mol. The Hall–Kier alpha value is -0.963. The molecule has 0 atom stereocenters. The summed E-state index contributed by atoms with van der Waals surface area (Å²) in [5.74, 6) is 0. The summed E-state index contributed by atoms with van der Waals surface area (Å²) in [6, 6.07) is 8.47. The van der Waals surface area contributed by atoms with Crippen LogP contribution in [0.4, 0.5) is 8.78 Å². The number of hydrogen-bond donors (Lipinski definition) is 0. The van der Waals surface area contributed by atoms with E-state index >= 15 is 0 Å². The van der Waals surface area contributed by atoms with Crippen molar-refractivity contribution in [1.82, 2.24) is 0 Å². The molecule has 80 valence electrons. The quantitative estimate of drug-likeness (QED) is 0.530. The smallest absolute Gasteiger partial charge is 0.173 e. The molecule has 0 aliphatic rings. The highest BCUT2D eigenvalue weighted by molar-refractivity contribution is 6.54. The van der Waals surface area contributed by atoms with Gasteiger partial charge < -0.3 is 0 Å². The van der Waals surface area contributed by atoms with Crippen LogP contribution in [0.3, 0.4) is 0 Å². The minimum absolute atomic E-state index is 0.632. The molecule has 0 saturated carbocycles. The van der Waals surface area contributed by atoms with Crippen LogP contribution in [0, 0.1) is 0 Å². The van der Waals surface area contributed by atoms with Gasteiger partial charge in [-0.3, -0.25) is 0 Å². The average Bonchev–Trinajstić information content (AvgIpc) is 2.20. The Kier molecular flexibility index (Phi) is 5.25. The Labute approximate surface area is 91.8 Å². The van der Waals surface area contributed by atoms with E-state index in [9.17, 15) is 8.78 Å². The van der Waals surface area contributed by atoms with Gasteiger partial charge in [0.25, 0.3) is 6.08 Å². The maximum Gasteiger partial charge on any atom is 0.270 e. The third-order valence-corrected chi connectivity index (χ3v) is 3.51. The Morgan fingerprint density at radius 2 is 2.07 bits per heavy atom. The van der Waals surface area contributed by atoms with Crippen LogP contribution < -0.4 is 5.19 Å². The molecule has 0 aliphatic heterocycles. The second-order valence-electron chi connectivity index (χ2n) is 3.30. The van der Waals surface area contributed by atoms with E-state index in [1.165, 1.54) is 0 Å². The topological polar surface area (TPSA) is 0 Å². The second-order valence-corrected chi connectivity index (χ2v) is 4.69. The fourth-order valence-corrected chi connectivity index (χ4v) is 2.67. The van der Waals surface area contributed by atoms with Gasteiger partial charge in [0.1, 0.15) is 0 Å². The van der Waals surface area contributed by atoms with Crippen LogP contribution in [0.2, 0.25) is 6.04 Å². The highest BCUT2D eigenvalue weighted by atomic mass is 28.2. The predicted octanol–water partition coefficient (Wildman–Crippen LogP) is 3.47. The molecular formula is C12H14F2Si. The third-order valence-electron chi connectivity index (χ3n) is 2.07. The van der Waals surface area contributed by atoms with Crippen LogP contribution in [0.15, 0.2) is 30.3 Å². The molecule has 3 heteroatoms. The summed E-state index contributed by atoms with van der Waals surface area (Å²) >= 11 is 0. The molecule has 0 bridgehead atoms. The van der Waals surface area contributed by atoms with E-state index in [0.717, 1.165) is 30.1 Å². The Bertz CT molecular complexity index is 330. The first-order valence-corrected chi connectivity index (χ1v) is 6.30. The van der Waals surface area contributed by atoms with E-state index in [2.05, 4.69) is 6.92 Å². The van der Waals surface area contributed by atoms with E-state index in [1.54, 1.807) is 12.1 Å². The number of unbranched alkanes of at least 4 members (excludes halogenated alkanes) is 1. The van der Waals surface area contributed by atoms with Gasteiger partial charge in [0.2, 0.25) is 0 Å². The normalized spacial score (nSPS) is 10.1. The minimum atomic E-state index is -1.62. The first-order chi connectivity index (χ1) is 7.24. The van der Waals surface area contributed by atoms with Crippen molar-refractivity contribution in [3.63, 3.8) is 0 Å². The lowest BCUT2D eigenvalue weighted by atomic mass is 10.2. The molecule has 15 heavy (non-hydrogen) atoms. The van der Waals surface area contributed by atoms with Crippen LogP contribution >= 0.6 is 0 Å². The van der Waals surface area contributed by atoms with Crippen LogP contribution in [0.25, 0.3) is 6.08 Å². The van der Waals surface area contributed by atoms with Crippen LogP contribution in [0.5, 0.6) is 0 Å². The molecule has 0 aliphatic carbocycles. The van der Waals surface area contributed by atoms with Crippen molar-refractivity contribution in [1.29, 1.82) is 0 Å². The number of rotatable bonds is 5. The van der Waals surface area contributed by atoms with Gasteiger partial charge in [-0.1, -0.05) is 55.3 Å². The highest BCUT2D eigenvalue weighted by Crippen LogP contribution is 2.07. The fourth-order valence-electron chi connectivity index (χ4n) is 1.30. The summed E-state index contributed by atoms with van der Waals surface area (Å²) in [5, 5.41) is 1.04. The molecule has 0 saturated heterocycles. The van der Waals surface area contributed by atoms with Crippen molar-refractivity contribution >= 4 is 20.8 Å². The first-order valence-electron chi connectivity index (χ1n) is 5.09. The molecule has 0 amide bonds. The third kappa shape index (κ3) is 4.38. The lowest BCUT2D eigenvalue weighted by Gasteiger charge is -2.03. The van der Waals surface area contributed by atoms with E-state index in [4.69, 9.17) is 0 Å². The summed E-state index contributed by atoms with van der Waals surface area (Å²) < 4.78 is 24.3. The maximum atomic E-state index is 12.2. The van der Waals surface area contributed by atoms with Crippen LogP contribution in [-0.4, -0.2) is 9.52 Å². The number of halogens is 2. The molecule has 1 aromatic rings. The van der Waals surface area contributed by atoms with Gasteiger partial charge in [0, 0.05) is 6.08 Å². The molecular weight excluding hydrogens is 210 g/mol. The van der Waals surface area contributed by atoms with Crippen molar-refractivity contribution in [2.24, 2.45) is 0 Å². The molecule has 0 aromatic heterocycles. The van der Waals surface area contributed by atoms with Crippen LogP contribution in [0.1, 0.15) is 25.3 Å². The predicted molar refractivity (Wildman–Crippen MR) is 61.7 cm³/mol. The average molecular weight is 224 g/mol. The molecule has 1 rings (SSSR count). The molecule has 2 radical (unpaired) electrons. The van der Waals surface area contributed by atoms with Crippen molar-refractivity contribution in [3.8, 4) is 0 Å². The van der Waals surface area contributed by atoms with Crippen molar-refractivity contribution in [3.05, 3.63) is 35.9 Å². The largest absolute Gasteiger partial charge is 0.270 e. The molecule has 0 fully saturated rings. The molecule has 1 aromatic carbocycles. The molecule has 0 heterocycles. The Morgan fingerprint density at radius 3 is 2.73 bits per heavy atom. The van der Waals surface area contributed by atoms with Gasteiger partial charge >= 0.3 is 0 Å². The maximum absolute atomic E-state index is 12.2. The van der Waals surface area contributed by atoms with E-state index in [-0.39, 0.29) is 0 Å². The fraction of sp³-hybridized carbons (Fsp3) is 0.333. The zero-order chi connectivity index (χ0) is 11.1. The zero-order valence-corrected chi connectivity index (χ0v) is 9.76. The number of benzene rings is 1. The summed E-state index contributed by atoms with van der Waals surface area (Å²) in [5.41, 5.74) is 0.659. The van der Waals surface area contributed by atoms with Gasteiger partial charge in [-0.15, -0.1) is 0 Å². The lowest BCUT2D eigenvalue weighted by molar-refractivity contribution is 0.429. The van der Waals surface area contributed by atoms with Crippen molar-refractivity contribution in [2.45, 2.75) is 25.8 Å². The summed E-state index contributed by atoms with van der Waals surface area (Å²) in [7, 11) is 0.632. The molecule has 0 nitrogen and oxygen atoms in total. The molecule has 0 spiro atoms. The minimum Gasteiger partial charge on any atom is -0.173 e. The Balaban J connectivity index is 2.73. The summed E-state index contributed by atoms with van der Waals surface area (Å²) in [6.07, 6.45) is 1.65. The zero-order valence-electron chi connectivity index (χ0n) is 8.76. The van der Waals surface area contributed by atoms with Gasteiger partial charge in [0.05, 0.1) is 9.52 Å². The van der Waals surface area contributed by atoms with Gasteiger partial charge in [0.15, 0.2) is 0 Å². The van der Waals surface area contributed by atoms with E-state index in [0.29, 0.717) is 15.1 Å². The van der Waals surface area contributed by atoms with Gasteiger partial charge in [-0.25, -0.2) is 0 Å². The van der Waals surface area contributed by atoms with Crippen LogP contribution in [-0.2, 0) is 0 Å². The molecule has 0 N–H and O–H groups in total.